The Labute approximate surface area is 236 Å². The Morgan fingerprint density at radius 2 is 2.03 bits per heavy atom. The van der Waals surface area contributed by atoms with Gasteiger partial charge in [0.1, 0.15) is 5.82 Å². The maximum absolute atomic E-state index is 12.7. The van der Waals surface area contributed by atoms with Gasteiger partial charge in [0.2, 0.25) is 15.0 Å². The highest BCUT2D eigenvalue weighted by atomic mass is 35.5. The number of carbonyl (C=O) groups excluding carboxylic acids is 1. The van der Waals surface area contributed by atoms with Crippen molar-refractivity contribution in [2.45, 2.75) is 63.1 Å². The third-order valence-corrected chi connectivity index (χ3v) is 9.21. The van der Waals surface area contributed by atoms with Crippen molar-refractivity contribution in [3.63, 3.8) is 0 Å². The van der Waals surface area contributed by atoms with Crippen LogP contribution in [0.4, 0.5) is 5.82 Å². The number of fused-ring (bicyclic) bond motifs is 4. The zero-order valence-corrected chi connectivity index (χ0v) is 23.9. The molecule has 4 heterocycles. The highest BCUT2D eigenvalue weighted by molar-refractivity contribution is 7.90. The Bertz CT molecular complexity index is 1610. The topological polar surface area (TPSA) is 117 Å². The molecule has 2 aromatic heterocycles. The molecule has 0 saturated heterocycles. The number of benzene rings is 1. The maximum atomic E-state index is 12.7. The fraction of sp³-hybridized carbons (Fsp3) is 0.462. The van der Waals surface area contributed by atoms with Crippen molar-refractivity contribution >= 4 is 44.8 Å². The van der Waals surface area contributed by atoms with Gasteiger partial charge < -0.3 is 14.4 Å². The molecule has 0 bridgehead atoms. The number of aromatic nitrogens is 4. The van der Waals surface area contributed by atoms with E-state index in [1.165, 1.54) is 0 Å². The first-order chi connectivity index (χ1) is 18.6. The van der Waals surface area contributed by atoms with Crippen LogP contribution in [-0.2, 0) is 57.5 Å². The SMILES string of the molecule is CCOC(=O)c1nn2c(c1Cl)CN(c1nc(S(C)(=O)=O)nc3c1CO[C@@]1(CCc4c(Cl)cccc41)C3)CCC2. The lowest BCUT2D eigenvalue weighted by atomic mass is 9.87. The molecule has 2 aliphatic heterocycles. The summed E-state index contributed by atoms with van der Waals surface area (Å²) >= 11 is 13.1. The van der Waals surface area contributed by atoms with Gasteiger partial charge >= 0.3 is 5.97 Å². The standard InChI is InChI=1S/C26H27Cl2N5O5S/c1-3-37-24(34)22-21(28)20-13-32(10-5-11-33(20)31-22)23-16-14-38-26(9-8-15-17(26)6-4-7-18(15)27)12-19(16)29-25(30-23)39(2,35)36/h4,6-7H,3,5,8-14H2,1-2H3/t26-/m0/s1. The van der Waals surface area contributed by atoms with Crippen molar-refractivity contribution in [1.82, 2.24) is 19.7 Å². The van der Waals surface area contributed by atoms with Crippen molar-refractivity contribution in [3.8, 4) is 0 Å². The molecule has 3 aliphatic rings. The first-order valence-corrected chi connectivity index (χ1v) is 15.4. The summed E-state index contributed by atoms with van der Waals surface area (Å²) in [6.45, 7) is 3.54. The molecular formula is C26H27Cl2N5O5S. The fourth-order valence-electron chi connectivity index (χ4n) is 5.78. The maximum Gasteiger partial charge on any atom is 0.360 e. The van der Waals surface area contributed by atoms with E-state index in [9.17, 15) is 13.2 Å². The van der Waals surface area contributed by atoms with Gasteiger partial charge in [-0.05, 0) is 43.4 Å². The average molecular weight is 593 g/mol. The number of anilines is 1. The lowest BCUT2D eigenvalue weighted by Gasteiger charge is -2.37. The summed E-state index contributed by atoms with van der Waals surface area (Å²) in [4.78, 5) is 23.4. The van der Waals surface area contributed by atoms with E-state index in [1.54, 1.807) is 11.6 Å². The minimum atomic E-state index is -3.71. The normalized spacial score (nSPS) is 20.4. The van der Waals surface area contributed by atoms with Crippen LogP contribution in [0.25, 0.3) is 0 Å². The number of rotatable bonds is 4. The number of esters is 1. The van der Waals surface area contributed by atoms with Gasteiger partial charge in [0.25, 0.3) is 0 Å². The van der Waals surface area contributed by atoms with E-state index in [-0.39, 0.29) is 35.6 Å². The highest BCUT2D eigenvalue weighted by Crippen LogP contribution is 2.48. The molecule has 206 valence electrons. The number of nitrogens with zero attached hydrogens (tertiary/aromatic N) is 5. The molecule has 1 aliphatic carbocycles. The zero-order chi connectivity index (χ0) is 27.5. The summed E-state index contributed by atoms with van der Waals surface area (Å²) < 4.78 is 38.8. The van der Waals surface area contributed by atoms with Gasteiger partial charge in [-0.3, -0.25) is 4.68 Å². The second kappa shape index (κ2) is 9.72. The number of halogens is 2. The zero-order valence-electron chi connectivity index (χ0n) is 21.5. The van der Waals surface area contributed by atoms with Gasteiger partial charge in [0, 0.05) is 36.4 Å². The molecule has 1 spiro atoms. The molecule has 6 rings (SSSR count). The molecule has 0 saturated carbocycles. The second-order valence-corrected chi connectivity index (χ2v) is 12.8. The predicted octanol–water partition coefficient (Wildman–Crippen LogP) is 3.88. The summed E-state index contributed by atoms with van der Waals surface area (Å²) in [6.07, 6.45) is 3.70. The van der Waals surface area contributed by atoms with Crippen molar-refractivity contribution in [3.05, 3.63) is 62.0 Å². The van der Waals surface area contributed by atoms with Crippen molar-refractivity contribution in [2.24, 2.45) is 0 Å². The predicted molar refractivity (Wildman–Crippen MR) is 144 cm³/mol. The molecule has 0 radical (unpaired) electrons. The Morgan fingerprint density at radius 3 is 2.79 bits per heavy atom. The minimum absolute atomic E-state index is 0.0701. The van der Waals surface area contributed by atoms with Gasteiger partial charge in [0.15, 0.2) is 5.69 Å². The second-order valence-electron chi connectivity index (χ2n) is 10.1. The third kappa shape index (κ3) is 4.49. The number of ether oxygens (including phenoxy) is 2. The van der Waals surface area contributed by atoms with Crippen LogP contribution in [0.5, 0.6) is 0 Å². The average Bonchev–Trinajstić information content (AvgIpc) is 3.31. The molecule has 0 N–H and O–H groups in total. The van der Waals surface area contributed by atoms with Crippen LogP contribution >= 0.6 is 23.2 Å². The molecule has 39 heavy (non-hydrogen) atoms. The van der Waals surface area contributed by atoms with Gasteiger partial charge in [-0.2, -0.15) is 5.10 Å². The van der Waals surface area contributed by atoms with E-state index in [2.05, 4.69) is 15.1 Å². The van der Waals surface area contributed by atoms with Crippen LogP contribution in [0.15, 0.2) is 23.4 Å². The number of aryl methyl sites for hydroxylation is 1. The van der Waals surface area contributed by atoms with Crippen molar-refractivity contribution in [2.75, 3.05) is 24.3 Å². The minimum Gasteiger partial charge on any atom is -0.461 e. The van der Waals surface area contributed by atoms with Crippen LogP contribution < -0.4 is 4.90 Å². The Hall–Kier alpha value is -2.73. The van der Waals surface area contributed by atoms with Crippen molar-refractivity contribution in [1.29, 1.82) is 0 Å². The molecule has 0 fully saturated rings. The molecular weight excluding hydrogens is 565 g/mol. The summed E-state index contributed by atoms with van der Waals surface area (Å²) in [5, 5.41) is 5.10. The Kier molecular flexibility index (Phi) is 6.60. The van der Waals surface area contributed by atoms with Crippen LogP contribution in [0, 0.1) is 0 Å². The summed E-state index contributed by atoms with van der Waals surface area (Å²) in [6, 6.07) is 5.81. The van der Waals surface area contributed by atoms with E-state index in [0.717, 1.165) is 35.8 Å². The molecule has 3 aromatic rings. The van der Waals surface area contributed by atoms with E-state index in [4.69, 9.17) is 32.7 Å². The Balaban J connectivity index is 1.42. The van der Waals surface area contributed by atoms with Crippen LogP contribution in [0.3, 0.4) is 0 Å². The van der Waals surface area contributed by atoms with Gasteiger partial charge in [-0.15, -0.1) is 0 Å². The number of carbonyl (C=O) groups is 1. The van der Waals surface area contributed by atoms with E-state index >= 15 is 0 Å². The van der Waals surface area contributed by atoms with E-state index in [0.29, 0.717) is 48.2 Å². The van der Waals surface area contributed by atoms with Crippen LogP contribution in [-0.4, -0.2) is 53.5 Å². The summed E-state index contributed by atoms with van der Waals surface area (Å²) in [7, 11) is -3.71. The quantitative estimate of drug-likeness (QED) is 0.329. The molecule has 1 aromatic carbocycles. The van der Waals surface area contributed by atoms with Crippen molar-refractivity contribution < 1.29 is 22.7 Å². The van der Waals surface area contributed by atoms with Gasteiger partial charge in [-0.25, -0.2) is 23.2 Å². The summed E-state index contributed by atoms with van der Waals surface area (Å²) in [5.74, 6) is -0.0907. The van der Waals surface area contributed by atoms with Gasteiger partial charge in [-0.1, -0.05) is 35.3 Å². The van der Waals surface area contributed by atoms with Gasteiger partial charge in [0.05, 0.1) is 41.8 Å². The van der Waals surface area contributed by atoms with E-state index < -0.39 is 21.4 Å². The smallest absolute Gasteiger partial charge is 0.360 e. The molecule has 0 amide bonds. The molecule has 0 unspecified atom stereocenters. The lowest BCUT2D eigenvalue weighted by Crippen LogP contribution is -2.37. The number of sulfone groups is 1. The first kappa shape index (κ1) is 26.5. The first-order valence-electron chi connectivity index (χ1n) is 12.8. The third-order valence-electron chi connectivity index (χ3n) is 7.62. The molecule has 13 heteroatoms. The molecule has 10 nitrogen and oxygen atoms in total. The largest absolute Gasteiger partial charge is 0.461 e. The number of hydrogen-bond donors (Lipinski definition) is 0. The van der Waals surface area contributed by atoms with Crippen LogP contribution in [0.1, 0.15) is 58.3 Å². The van der Waals surface area contributed by atoms with E-state index in [1.807, 2.05) is 23.1 Å². The fourth-order valence-corrected chi connectivity index (χ4v) is 6.85. The number of hydrogen-bond acceptors (Lipinski definition) is 9. The molecule has 1 atom stereocenters. The Morgan fingerprint density at radius 1 is 1.21 bits per heavy atom. The lowest BCUT2D eigenvalue weighted by molar-refractivity contribution is -0.0730. The monoisotopic (exact) mass is 591 g/mol. The highest BCUT2D eigenvalue weighted by Gasteiger charge is 2.45. The summed E-state index contributed by atoms with van der Waals surface area (Å²) in [5.41, 5.74) is 3.57. The van der Waals surface area contributed by atoms with Crippen LogP contribution in [0.2, 0.25) is 10.0 Å².